The highest BCUT2D eigenvalue weighted by Gasteiger charge is 2.24. The fourth-order valence-corrected chi connectivity index (χ4v) is 4.21. The Hall–Kier alpha value is -3.42. The first kappa shape index (κ1) is 21.8. The van der Waals surface area contributed by atoms with Crippen LogP contribution in [0.4, 0.5) is 0 Å². The van der Waals surface area contributed by atoms with Crippen LogP contribution in [0.2, 0.25) is 0 Å². The summed E-state index contributed by atoms with van der Waals surface area (Å²) in [5, 5.41) is 3.33. The summed E-state index contributed by atoms with van der Waals surface area (Å²) in [5.74, 6) is -0.358. The van der Waals surface area contributed by atoms with E-state index >= 15 is 0 Å². The van der Waals surface area contributed by atoms with E-state index in [4.69, 9.17) is 4.74 Å². The Morgan fingerprint density at radius 2 is 1.75 bits per heavy atom. The molecule has 1 aliphatic rings. The number of carbonyl (C=O) groups excluding carboxylic acids is 1. The number of nitrogens with zero attached hydrogens (tertiary/aromatic N) is 3. The van der Waals surface area contributed by atoms with Crippen LogP contribution in [0.5, 0.6) is 0 Å². The van der Waals surface area contributed by atoms with E-state index in [1.165, 1.54) is 7.11 Å². The van der Waals surface area contributed by atoms with Crippen molar-refractivity contribution in [3.8, 4) is 16.8 Å². The van der Waals surface area contributed by atoms with Gasteiger partial charge in [0.1, 0.15) is 0 Å². The Labute approximate surface area is 191 Å². The fraction of sp³-hybridized carbons (Fsp3) is 0.208. The van der Waals surface area contributed by atoms with Crippen LogP contribution in [0.3, 0.4) is 0 Å². The average Bonchev–Trinajstić information content (AvgIpc) is 3.44. The van der Waals surface area contributed by atoms with E-state index in [0.29, 0.717) is 11.2 Å². The van der Waals surface area contributed by atoms with Crippen molar-refractivity contribution in [2.24, 2.45) is 0 Å². The van der Waals surface area contributed by atoms with Crippen LogP contribution >= 0.6 is 12.4 Å². The van der Waals surface area contributed by atoms with Gasteiger partial charge in [-0.25, -0.2) is 14.6 Å². The number of rotatable bonds is 4. The van der Waals surface area contributed by atoms with Crippen molar-refractivity contribution >= 4 is 29.5 Å². The van der Waals surface area contributed by atoms with Crippen LogP contribution in [0.25, 0.3) is 28.0 Å². The first-order chi connectivity index (χ1) is 15.2. The van der Waals surface area contributed by atoms with Gasteiger partial charge >= 0.3 is 11.7 Å². The zero-order chi connectivity index (χ0) is 21.4. The minimum Gasteiger partial charge on any atom is -0.465 e. The summed E-state index contributed by atoms with van der Waals surface area (Å²) in [6.45, 7) is 1.68. The molecule has 1 fully saturated rings. The minimum absolute atomic E-state index is 0. The van der Waals surface area contributed by atoms with Crippen molar-refractivity contribution < 1.29 is 9.53 Å². The van der Waals surface area contributed by atoms with Gasteiger partial charge < -0.3 is 10.1 Å². The summed E-state index contributed by atoms with van der Waals surface area (Å²) >= 11 is 0. The summed E-state index contributed by atoms with van der Waals surface area (Å²) in [7, 11) is 1.37. The fourth-order valence-electron chi connectivity index (χ4n) is 4.21. The smallest absolute Gasteiger partial charge is 0.337 e. The zero-order valence-corrected chi connectivity index (χ0v) is 18.3. The topological polar surface area (TPSA) is 78.1 Å². The number of hydrogen-bond donors (Lipinski definition) is 1. The van der Waals surface area contributed by atoms with Gasteiger partial charge in [-0.3, -0.25) is 9.13 Å². The van der Waals surface area contributed by atoms with Crippen LogP contribution in [0.15, 0.2) is 71.7 Å². The van der Waals surface area contributed by atoms with E-state index in [2.05, 4.69) is 10.3 Å². The van der Waals surface area contributed by atoms with Gasteiger partial charge in [-0.05, 0) is 60.5 Å². The number of carbonyl (C=O) groups is 1. The molecule has 0 unspecified atom stereocenters. The number of imidazole rings is 1. The van der Waals surface area contributed by atoms with Crippen molar-refractivity contribution in [1.29, 1.82) is 0 Å². The van der Waals surface area contributed by atoms with E-state index in [-0.39, 0.29) is 30.1 Å². The van der Waals surface area contributed by atoms with Gasteiger partial charge in [0.2, 0.25) is 0 Å². The highest BCUT2D eigenvalue weighted by Crippen LogP contribution is 2.25. The molecule has 7 nitrogen and oxygen atoms in total. The van der Waals surface area contributed by atoms with Crippen LogP contribution in [-0.4, -0.2) is 40.3 Å². The van der Waals surface area contributed by atoms with Crippen LogP contribution in [0, 0.1) is 0 Å². The highest BCUT2D eigenvalue weighted by molar-refractivity contribution is 5.90. The molecule has 1 saturated heterocycles. The molecule has 8 heteroatoms. The van der Waals surface area contributed by atoms with Crippen molar-refractivity contribution in [3.05, 3.63) is 82.9 Å². The number of benzene rings is 2. The van der Waals surface area contributed by atoms with Crippen molar-refractivity contribution in [2.45, 2.75) is 12.5 Å². The van der Waals surface area contributed by atoms with Gasteiger partial charge in [-0.1, -0.05) is 24.3 Å². The Balaban J connectivity index is 0.00000245. The molecular formula is C24H23ClN4O3. The zero-order valence-electron chi connectivity index (χ0n) is 17.5. The molecule has 1 aliphatic heterocycles. The van der Waals surface area contributed by atoms with Gasteiger partial charge in [0, 0.05) is 12.7 Å². The molecule has 32 heavy (non-hydrogen) atoms. The molecule has 5 rings (SSSR count). The molecule has 0 bridgehead atoms. The molecule has 1 atom stereocenters. The lowest BCUT2D eigenvalue weighted by Gasteiger charge is -2.09. The number of aromatic nitrogens is 3. The molecule has 3 heterocycles. The maximum Gasteiger partial charge on any atom is 0.337 e. The van der Waals surface area contributed by atoms with E-state index in [9.17, 15) is 9.59 Å². The molecule has 2 aromatic carbocycles. The van der Waals surface area contributed by atoms with E-state index in [0.717, 1.165) is 41.8 Å². The monoisotopic (exact) mass is 450 g/mol. The van der Waals surface area contributed by atoms with E-state index in [1.807, 2.05) is 53.1 Å². The molecule has 0 amide bonds. The highest BCUT2D eigenvalue weighted by atomic mass is 35.5. The standard InChI is InChI=1S/C24H22N4O3.ClH/c1-31-23(29)18-6-4-16(5-7-18)17-8-10-19(11-9-17)27-21-3-2-13-26-22(21)28(24(27)30)20-12-14-25-15-20;/h2-11,13,20,25H,12,14-15H2,1H3;1H/t20-;/m0./s1. The number of ether oxygens (including phenoxy) is 1. The summed E-state index contributed by atoms with van der Waals surface area (Å²) < 4.78 is 8.29. The number of esters is 1. The Bertz CT molecular complexity index is 1300. The summed E-state index contributed by atoms with van der Waals surface area (Å²) in [6, 6.07) is 19.0. The van der Waals surface area contributed by atoms with Crippen LogP contribution in [0.1, 0.15) is 22.8 Å². The Morgan fingerprint density at radius 3 is 2.38 bits per heavy atom. The SMILES string of the molecule is COC(=O)c1ccc(-c2ccc(-n3c(=O)n([C@H]4CCNC4)c4ncccc43)cc2)cc1.Cl. The summed E-state index contributed by atoms with van der Waals surface area (Å²) in [6.07, 6.45) is 2.64. The van der Waals surface area contributed by atoms with E-state index in [1.54, 1.807) is 22.9 Å². The average molecular weight is 451 g/mol. The third kappa shape index (κ3) is 3.70. The molecule has 0 aliphatic carbocycles. The lowest BCUT2D eigenvalue weighted by molar-refractivity contribution is 0.0601. The number of fused-ring (bicyclic) bond motifs is 1. The molecule has 0 saturated carbocycles. The predicted molar refractivity (Wildman–Crippen MR) is 126 cm³/mol. The Kier molecular flexibility index (Phi) is 6.12. The maximum atomic E-state index is 13.4. The lowest BCUT2D eigenvalue weighted by atomic mass is 10.0. The second-order valence-corrected chi connectivity index (χ2v) is 7.60. The largest absolute Gasteiger partial charge is 0.465 e. The number of pyridine rings is 1. The lowest BCUT2D eigenvalue weighted by Crippen LogP contribution is -2.28. The van der Waals surface area contributed by atoms with Gasteiger partial charge in [0.15, 0.2) is 5.65 Å². The molecule has 1 N–H and O–H groups in total. The quantitative estimate of drug-likeness (QED) is 0.481. The Morgan fingerprint density at radius 1 is 1.06 bits per heavy atom. The van der Waals surface area contributed by atoms with Gasteiger partial charge in [0.05, 0.1) is 29.9 Å². The molecule has 4 aromatic rings. The van der Waals surface area contributed by atoms with Crippen molar-refractivity contribution in [2.75, 3.05) is 20.2 Å². The molecule has 2 aromatic heterocycles. The van der Waals surface area contributed by atoms with Gasteiger partial charge in [0.25, 0.3) is 0 Å². The van der Waals surface area contributed by atoms with Gasteiger partial charge in [-0.15, -0.1) is 12.4 Å². The minimum atomic E-state index is -0.358. The van der Waals surface area contributed by atoms with Crippen molar-refractivity contribution in [3.63, 3.8) is 0 Å². The second-order valence-electron chi connectivity index (χ2n) is 7.60. The number of methoxy groups -OCH3 is 1. The second kappa shape index (κ2) is 8.98. The van der Waals surface area contributed by atoms with E-state index < -0.39 is 0 Å². The maximum absolute atomic E-state index is 13.4. The predicted octanol–water partition coefficient (Wildman–Crippen LogP) is 3.60. The van der Waals surface area contributed by atoms with Crippen LogP contribution < -0.4 is 11.0 Å². The first-order valence-electron chi connectivity index (χ1n) is 10.3. The number of nitrogens with one attached hydrogen (secondary N) is 1. The molecule has 0 radical (unpaired) electrons. The van der Waals surface area contributed by atoms with Gasteiger partial charge in [-0.2, -0.15) is 0 Å². The van der Waals surface area contributed by atoms with Crippen LogP contribution in [-0.2, 0) is 4.74 Å². The number of halogens is 1. The molecular weight excluding hydrogens is 428 g/mol. The third-order valence-corrected chi connectivity index (χ3v) is 5.80. The third-order valence-electron chi connectivity index (χ3n) is 5.80. The summed E-state index contributed by atoms with van der Waals surface area (Å²) in [5.41, 5.74) is 4.72. The van der Waals surface area contributed by atoms with Crippen molar-refractivity contribution in [1.82, 2.24) is 19.4 Å². The first-order valence-corrected chi connectivity index (χ1v) is 10.3. The normalized spacial score (nSPS) is 15.5. The number of hydrogen-bond acceptors (Lipinski definition) is 5. The summed E-state index contributed by atoms with van der Waals surface area (Å²) in [4.78, 5) is 29.5. The molecule has 0 spiro atoms. The molecule has 164 valence electrons.